The van der Waals surface area contributed by atoms with Crippen LogP contribution in [0.25, 0.3) is 0 Å². The maximum atomic E-state index is 12.1. The summed E-state index contributed by atoms with van der Waals surface area (Å²) in [5.74, 6) is 0.154. The lowest BCUT2D eigenvalue weighted by Gasteiger charge is -2.21. The maximum absolute atomic E-state index is 12.1. The molecule has 1 aliphatic rings. The summed E-state index contributed by atoms with van der Waals surface area (Å²) in [7, 11) is 0. The zero-order chi connectivity index (χ0) is 13.7. The van der Waals surface area contributed by atoms with Gasteiger partial charge in [-0.1, -0.05) is 40.4 Å². The highest BCUT2D eigenvalue weighted by atomic mass is 79.9. The summed E-state index contributed by atoms with van der Waals surface area (Å²) in [6, 6.07) is 5.60. The van der Waals surface area contributed by atoms with E-state index in [1.165, 1.54) is 12.8 Å². The minimum Gasteiger partial charge on any atom is -0.375 e. The minimum atomic E-state index is 0.154. The van der Waals surface area contributed by atoms with E-state index in [1.807, 2.05) is 23.1 Å². The second-order valence-corrected chi connectivity index (χ2v) is 6.10. The van der Waals surface area contributed by atoms with Crippen molar-refractivity contribution in [2.45, 2.75) is 25.7 Å². The van der Waals surface area contributed by atoms with Gasteiger partial charge in [-0.3, -0.25) is 4.79 Å². The van der Waals surface area contributed by atoms with Crippen LogP contribution in [0, 0.1) is 0 Å². The summed E-state index contributed by atoms with van der Waals surface area (Å²) >= 11 is 9.47. The van der Waals surface area contributed by atoms with Gasteiger partial charge in [0.25, 0.3) is 0 Å². The third kappa shape index (κ3) is 4.39. The predicted molar refractivity (Wildman–Crippen MR) is 82.7 cm³/mol. The normalized spacial score (nSPS) is 16.0. The molecule has 104 valence electrons. The molecule has 1 amide bonds. The van der Waals surface area contributed by atoms with Gasteiger partial charge in [0.2, 0.25) is 5.91 Å². The topological polar surface area (TPSA) is 32.3 Å². The van der Waals surface area contributed by atoms with E-state index >= 15 is 0 Å². The Labute approximate surface area is 127 Å². The number of halogens is 2. The Morgan fingerprint density at radius 3 is 2.58 bits per heavy atom. The van der Waals surface area contributed by atoms with E-state index in [4.69, 9.17) is 11.6 Å². The molecule has 1 saturated heterocycles. The number of nitrogens with zero attached hydrogens (tertiary/aromatic N) is 1. The van der Waals surface area contributed by atoms with E-state index in [9.17, 15) is 4.79 Å². The Balaban J connectivity index is 1.88. The third-order valence-corrected chi connectivity index (χ3v) is 4.13. The molecule has 1 heterocycles. The first kappa shape index (κ1) is 14.7. The largest absolute Gasteiger partial charge is 0.375 e. The summed E-state index contributed by atoms with van der Waals surface area (Å²) in [4.78, 5) is 14.1. The minimum absolute atomic E-state index is 0.154. The number of nitrogens with one attached hydrogen (secondary N) is 1. The van der Waals surface area contributed by atoms with Gasteiger partial charge in [-0.2, -0.15) is 0 Å². The molecular formula is C14H18BrClN2O. The Bertz CT molecular complexity index is 445. The van der Waals surface area contributed by atoms with Crippen molar-refractivity contribution in [2.24, 2.45) is 0 Å². The summed E-state index contributed by atoms with van der Waals surface area (Å²) in [6.45, 7) is 2.07. The van der Waals surface area contributed by atoms with Crippen molar-refractivity contribution in [3.05, 3.63) is 27.7 Å². The second kappa shape index (κ2) is 7.15. The molecule has 1 fully saturated rings. The number of anilines is 1. The Hall–Kier alpha value is -0.740. The van der Waals surface area contributed by atoms with E-state index in [2.05, 4.69) is 21.2 Å². The number of benzene rings is 1. The van der Waals surface area contributed by atoms with Crippen LogP contribution in [0.4, 0.5) is 5.69 Å². The van der Waals surface area contributed by atoms with Crippen LogP contribution in [0.5, 0.6) is 0 Å². The van der Waals surface area contributed by atoms with E-state index in [-0.39, 0.29) is 5.91 Å². The molecule has 0 unspecified atom stereocenters. The highest BCUT2D eigenvalue weighted by Gasteiger charge is 2.15. The van der Waals surface area contributed by atoms with E-state index in [0.29, 0.717) is 11.6 Å². The van der Waals surface area contributed by atoms with E-state index < -0.39 is 0 Å². The zero-order valence-electron chi connectivity index (χ0n) is 10.8. The highest BCUT2D eigenvalue weighted by Crippen LogP contribution is 2.25. The number of carbonyl (C=O) groups is 1. The molecule has 0 aromatic heterocycles. The van der Waals surface area contributed by atoms with Gasteiger partial charge in [-0.05, 0) is 31.0 Å². The second-order valence-electron chi connectivity index (χ2n) is 4.77. The van der Waals surface area contributed by atoms with Crippen LogP contribution in [-0.2, 0) is 4.79 Å². The molecule has 0 radical (unpaired) electrons. The molecule has 0 spiro atoms. The fourth-order valence-electron chi connectivity index (χ4n) is 2.24. The average molecular weight is 346 g/mol. The van der Waals surface area contributed by atoms with Crippen molar-refractivity contribution >= 4 is 39.1 Å². The van der Waals surface area contributed by atoms with Crippen molar-refractivity contribution in [3.8, 4) is 0 Å². The molecule has 0 saturated carbocycles. The van der Waals surface area contributed by atoms with Crippen LogP contribution < -0.4 is 5.32 Å². The first-order chi connectivity index (χ1) is 9.16. The van der Waals surface area contributed by atoms with Gasteiger partial charge in [0, 0.05) is 17.6 Å². The highest BCUT2D eigenvalue weighted by molar-refractivity contribution is 9.10. The molecular weight excluding hydrogens is 328 g/mol. The fraction of sp³-hybridized carbons (Fsp3) is 0.500. The molecule has 1 aromatic carbocycles. The molecule has 1 aromatic rings. The summed E-state index contributed by atoms with van der Waals surface area (Å²) < 4.78 is 0.932. The monoisotopic (exact) mass is 344 g/mol. The van der Waals surface area contributed by atoms with Crippen molar-refractivity contribution < 1.29 is 4.79 Å². The number of rotatable bonds is 3. The SMILES string of the molecule is O=C(CNc1ccc(Br)cc1Cl)N1CCCCCC1. The van der Waals surface area contributed by atoms with Gasteiger partial charge >= 0.3 is 0 Å². The van der Waals surface area contributed by atoms with E-state index in [1.54, 1.807) is 0 Å². The Morgan fingerprint density at radius 1 is 1.26 bits per heavy atom. The number of amides is 1. The van der Waals surface area contributed by atoms with Gasteiger partial charge in [0.1, 0.15) is 0 Å². The molecule has 0 atom stereocenters. The molecule has 1 N–H and O–H groups in total. The van der Waals surface area contributed by atoms with Gasteiger partial charge in [-0.15, -0.1) is 0 Å². The van der Waals surface area contributed by atoms with Crippen LogP contribution in [0.3, 0.4) is 0 Å². The molecule has 5 heteroatoms. The molecule has 2 rings (SSSR count). The van der Waals surface area contributed by atoms with Gasteiger partial charge in [0.15, 0.2) is 0 Å². The van der Waals surface area contributed by atoms with Gasteiger partial charge < -0.3 is 10.2 Å². The Morgan fingerprint density at radius 2 is 1.95 bits per heavy atom. The van der Waals surface area contributed by atoms with Crippen molar-refractivity contribution in [2.75, 3.05) is 25.0 Å². The van der Waals surface area contributed by atoms with Gasteiger partial charge in [-0.25, -0.2) is 0 Å². The lowest BCUT2D eigenvalue weighted by molar-refractivity contribution is -0.129. The molecule has 19 heavy (non-hydrogen) atoms. The van der Waals surface area contributed by atoms with Crippen LogP contribution >= 0.6 is 27.5 Å². The summed E-state index contributed by atoms with van der Waals surface area (Å²) in [5, 5.41) is 3.74. The summed E-state index contributed by atoms with van der Waals surface area (Å²) in [6.07, 6.45) is 4.70. The number of likely N-dealkylation sites (tertiary alicyclic amines) is 1. The first-order valence-corrected chi connectivity index (χ1v) is 7.80. The predicted octanol–water partition coefficient (Wildman–Crippen LogP) is 3.92. The van der Waals surface area contributed by atoms with Crippen molar-refractivity contribution in [1.82, 2.24) is 4.90 Å². The lowest BCUT2D eigenvalue weighted by Crippen LogP contribution is -2.36. The average Bonchev–Trinajstić information content (AvgIpc) is 2.66. The zero-order valence-corrected chi connectivity index (χ0v) is 13.1. The van der Waals surface area contributed by atoms with Gasteiger partial charge in [0.05, 0.1) is 17.3 Å². The Kier molecular flexibility index (Phi) is 5.52. The van der Waals surface area contributed by atoms with Crippen LogP contribution in [0.1, 0.15) is 25.7 Å². The van der Waals surface area contributed by atoms with Crippen molar-refractivity contribution in [1.29, 1.82) is 0 Å². The quantitative estimate of drug-likeness (QED) is 0.900. The third-order valence-electron chi connectivity index (χ3n) is 3.32. The number of hydrogen-bond donors (Lipinski definition) is 1. The molecule has 0 bridgehead atoms. The molecule has 3 nitrogen and oxygen atoms in total. The molecule has 0 aliphatic carbocycles. The maximum Gasteiger partial charge on any atom is 0.241 e. The number of hydrogen-bond acceptors (Lipinski definition) is 2. The smallest absolute Gasteiger partial charge is 0.241 e. The van der Waals surface area contributed by atoms with Crippen LogP contribution in [0.2, 0.25) is 5.02 Å². The first-order valence-electron chi connectivity index (χ1n) is 6.63. The van der Waals surface area contributed by atoms with Crippen molar-refractivity contribution in [3.63, 3.8) is 0 Å². The standard InChI is InChI=1S/C14H18BrClN2O/c15-11-5-6-13(12(16)9-11)17-10-14(19)18-7-3-1-2-4-8-18/h5-6,9,17H,1-4,7-8,10H2. The van der Waals surface area contributed by atoms with Crippen LogP contribution in [0.15, 0.2) is 22.7 Å². The number of carbonyl (C=O) groups excluding carboxylic acids is 1. The summed E-state index contributed by atoms with van der Waals surface area (Å²) in [5.41, 5.74) is 0.799. The van der Waals surface area contributed by atoms with Crippen LogP contribution in [-0.4, -0.2) is 30.4 Å². The van der Waals surface area contributed by atoms with E-state index in [0.717, 1.165) is 36.1 Å². The fourth-order valence-corrected chi connectivity index (χ4v) is 2.98. The lowest BCUT2D eigenvalue weighted by atomic mass is 10.2. The molecule has 1 aliphatic heterocycles.